The first-order chi connectivity index (χ1) is 14.6. The molecule has 1 aliphatic carbocycles. The van der Waals surface area contributed by atoms with Crippen LogP contribution in [-0.2, 0) is 11.3 Å². The molecule has 0 spiro atoms. The van der Waals surface area contributed by atoms with E-state index < -0.39 is 6.04 Å². The van der Waals surface area contributed by atoms with Crippen LogP contribution in [0.1, 0.15) is 67.3 Å². The molecule has 2 saturated heterocycles. The number of benzene rings is 1. The highest BCUT2D eigenvalue weighted by atomic mass is 16.5. The lowest BCUT2D eigenvalue weighted by atomic mass is 10.0. The summed E-state index contributed by atoms with van der Waals surface area (Å²) in [5, 5.41) is 2.79. The Bertz CT molecular complexity index is 861. The Labute approximate surface area is 178 Å². The van der Waals surface area contributed by atoms with Gasteiger partial charge in [-0.15, -0.1) is 0 Å². The van der Waals surface area contributed by atoms with Crippen LogP contribution in [0.4, 0.5) is 0 Å². The Hall–Kier alpha value is -2.34. The van der Waals surface area contributed by atoms with Crippen LogP contribution in [0.2, 0.25) is 0 Å². The molecule has 3 unspecified atom stereocenters. The van der Waals surface area contributed by atoms with Crippen LogP contribution in [0, 0.1) is 0 Å². The SMILES string of the molecule is C=C1CCC(N2Cc3cc(OC4CCCC4N4CCCCC4)ccc3C2=O)C(=O)N1. The summed E-state index contributed by atoms with van der Waals surface area (Å²) in [4.78, 5) is 29.6. The topological polar surface area (TPSA) is 61.9 Å². The van der Waals surface area contributed by atoms with E-state index in [2.05, 4.69) is 16.8 Å². The first kappa shape index (κ1) is 19.6. The first-order valence-corrected chi connectivity index (χ1v) is 11.4. The standard InChI is InChI=1S/C24H31N3O3/c1-16-8-11-21(23(28)25-16)27-15-17-14-18(9-10-19(17)24(27)29)30-22-7-5-6-20(22)26-12-3-2-4-13-26/h9-10,14,20-22H,1-8,11-13,15H2,(H,25,28). The molecule has 3 atom stereocenters. The molecule has 1 aromatic rings. The van der Waals surface area contributed by atoms with Crippen LogP contribution in [-0.4, -0.2) is 52.9 Å². The zero-order chi connectivity index (χ0) is 20.7. The van der Waals surface area contributed by atoms with Crippen molar-refractivity contribution in [1.29, 1.82) is 0 Å². The molecule has 4 aliphatic rings. The van der Waals surface area contributed by atoms with Crippen molar-refractivity contribution < 1.29 is 14.3 Å². The second kappa shape index (κ2) is 8.06. The Morgan fingerprint density at radius 1 is 1.03 bits per heavy atom. The fraction of sp³-hybridized carbons (Fsp3) is 0.583. The minimum Gasteiger partial charge on any atom is -0.489 e. The molecular weight excluding hydrogens is 378 g/mol. The van der Waals surface area contributed by atoms with Gasteiger partial charge in [-0.1, -0.05) is 13.0 Å². The number of rotatable bonds is 4. The van der Waals surface area contributed by atoms with Gasteiger partial charge in [0.15, 0.2) is 0 Å². The number of fused-ring (bicyclic) bond motifs is 1. The average Bonchev–Trinajstić information content (AvgIpc) is 3.33. The largest absolute Gasteiger partial charge is 0.489 e. The third-order valence-corrected chi connectivity index (χ3v) is 7.17. The van der Waals surface area contributed by atoms with Gasteiger partial charge in [-0.25, -0.2) is 0 Å². The van der Waals surface area contributed by atoms with Gasteiger partial charge >= 0.3 is 0 Å². The number of carbonyl (C=O) groups excluding carboxylic acids is 2. The number of nitrogens with zero attached hydrogens (tertiary/aromatic N) is 2. The van der Waals surface area contributed by atoms with E-state index in [1.54, 1.807) is 4.90 Å². The highest BCUT2D eigenvalue weighted by molar-refractivity contribution is 6.01. The maximum atomic E-state index is 12.9. The fourth-order valence-corrected chi connectivity index (χ4v) is 5.59. The number of likely N-dealkylation sites (tertiary alicyclic amines) is 1. The summed E-state index contributed by atoms with van der Waals surface area (Å²) >= 11 is 0. The first-order valence-electron chi connectivity index (χ1n) is 11.4. The highest BCUT2D eigenvalue weighted by Gasteiger charge is 2.39. The Morgan fingerprint density at radius 3 is 2.67 bits per heavy atom. The molecule has 1 aromatic carbocycles. The number of piperidine rings is 2. The number of hydrogen-bond donors (Lipinski definition) is 1. The van der Waals surface area contributed by atoms with Crippen LogP contribution in [0.5, 0.6) is 5.75 Å². The summed E-state index contributed by atoms with van der Waals surface area (Å²) in [7, 11) is 0. The molecule has 3 fully saturated rings. The lowest BCUT2D eigenvalue weighted by Gasteiger charge is -2.35. The normalized spacial score (nSPS) is 29.8. The van der Waals surface area contributed by atoms with Crippen LogP contribution < -0.4 is 10.1 Å². The predicted octanol–water partition coefficient (Wildman–Crippen LogP) is 3.22. The molecule has 2 amide bonds. The molecule has 5 rings (SSSR count). The predicted molar refractivity (Wildman–Crippen MR) is 114 cm³/mol. The van der Waals surface area contributed by atoms with Gasteiger partial charge in [0.2, 0.25) is 5.91 Å². The van der Waals surface area contributed by atoms with E-state index in [0.717, 1.165) is 23.4 Å². The monoisotopic (exact) mass is 409 g/mol. The van der Waals surface area contributed by atoms with Crippen molar-refractivity contribution in [2.75, 3.05) is 13.1 Å². The lowest BCUT2D eigenvalue weighted by molar-refractivity contribution is -0.126. The zero-order valence-corrected chi connectivity index (χ0v) is 17.6. The molecule has 3 aliphatic heterocycles. The molecular formula is C24H31N3O3. The maximum Gasteiger partial charge on any atom is 0.255 e. The Kier molecular flexibility index (Phi) is 5.27. The molecule has 160 valence electrons. The van der Waals surface area contributed by atoms with E-state index >= 15 is 0 Å². The molecule has 3 heterocycles. The number of hydrogen-bond acceptors (Lipinski definition) is 4. The number of allylic oxidation sites excluding steroid dienone is 1. The molecule has 0 aromatic heterocycles. The van der Waals surface area contributed by atoms with E-state index in [4.69, 9.17) is 4.74 Å². The van der Waals surface area contributed by atoms with Crippen molar-refractivity contribution in [2.45, 2.75) is 76.1 Å². The fourth-order valence-electron chi connectivity index (χ4n) is 5.59. The molecule has 0 bridgehead atoms. The summed E-state index contributed by atoms with van der Waals surface area (Å²) in [6, 6.07) is 5.90. The van der Waals surface area contributed by atoms with Gasteiger partial charge in [-0.2, -0.15) is 0 Å². The van der Waals surface area contributed by atoms with Crippen molar-refractivity contribution >= 4 is 11.8 Å². The van der Waals surface area contributed by atoms with E-state index in [-0.39, 0.29) is 17.9 Å². The highest BCUT2D eigenvalue weighted by Crippen LogP contribution is 2.34. The summed E-state index contributed by atoms with van der Waals surface area (Å²) in [5.41, 5.74) is 2.39. The molecule has 1 N–H and O–H groups in total. The van der Waals surface area contributed by atoms with Crippen LogP contribution in [0.3, 0.4) is 0 Å². The summed E-state index contributed by atoms with van der Waals surface area (Å²) in [6.07, 6.45) is 9.02. The molecule has 6 nitrogen and oxygen atoms in total. The number of carbonyl (C=O) groups is 2. The van der Waals surface area contributed by atoms with Crippen molar-refractivity contribution in [1.82, 2.24) is 15.1 Å². The van der Waals surface area contributed by atoms with Crippen LogP contribution in [0.15, 0.2) is 30.5 Å². The second-order valence-electron chi connectivity index (χ2n) is 9.15. The van der Waals surface area contributed by atoms with Gasteiger partial charge in [0, 0.05) is 23.8 Å². The van der Waals surface area contributed by atoms with Crippen LogP contribution in [0.25, 0.3) is 0 Å². The van der Waals surface area contributed by atoms with E-state index in [1.165, 1.54) is 45.2 Å². The van der Waals surface area contributed by atoms with Crippen molar-refractivity contribution in [2.24, 2.45) is 0 Å². The minimum atomic E-state index is -0.418. The summed E-state index contributed by atoms with van der Waals surface area (Å²) in [5.74, 6) is 0.661. The van der Waals surface area contributed by atoms with Gasteiger partial charge in [0.05, 0.1) is 0 Å². The molecule has 1 saturated carbocycles. The smallest absolute Gasteiger partial charge is 0.255 e. The van der Waals surface area contributed by atoms with Crippen molar-refractivity contribution in [3.8, 4) is 5.75 Å². The zero-order valence-electron chi connectivity index (χ0n) is 17.6. The van der Waals surface area contributed by atoms with Gasteiger partial charge in [-0.3, -0.25) is 14.5 Å². The number of ether oxygens (including phenoxy) is 1. The van der Waals surface area contributed by atoms with E-state index in [0.29, 0.717) is 31.0 Å². The molecule has 0 radical (unpaired) electrons. The van der Waals surface area contributed by atoms with Gasteiger partial charge < -0.3 is 15.0 Å². The third kappa shape index (κ3) is 3.62. The van der Waals surface area contributed by atoms with Crippen LogP contribution >= 0.6 is 0 Å². The van der Waals surface area contributed by atoms with Crippen molar-refractivity contribution in [3.63, 3.8) is 0 Å². The van der Waals surface area contributed by atoms with Gasteiger partial charge in [-0.05, 0) is 81.8 Å². The third-order valence-electron chi connectivity index (χ3n) is 7.17. The number of nitrogens with one attached hydrogen (secondary N) is 1. The minimum absolute atomic E-state index is 0.0590. The van der Waals surface area contributed by atoms with Gasteiger partial charge in [0.1, 0.15) is 17.9 Å². The maximum absolute atomic E-state index is 12.9. The van der Waals surface area contributed by atoms with Crippen molar-refractivity contribution in [3.05, 3.63) is 41.6 Å². The lowest BCUT2D eigenvalue weighted by Crippen LogP contribution is -2.49. The summed E-state index contributed by atoms with van der Waals surface area (Å²) < 4.78 is 6.46. The molecule has 30 heavy (non-hydrogen) atoms. The quantitative estimate of drug-likeness (QED) is 0.830. The Balaban J connectivity index is 1.28. The van der Waals surface area contributed by atoms with E-state index in [9.17, 15) is 9.59 Å². The molecule has 6 heteroatoms. The second-order valence-corrected chi connectivity index (χ2v) is 9.15. The van der Waals surface area contributed by atoms with E-state index in [1.807, 2.05) is 18.2 Å². The number of amides is 2. The average molecular weight is 410 g/mol. The van der Waals surface area contributed by atoms with Gasteiger partial charge in [0.25, 0.3) is 5.91 Å². The summed E-state index contributed by atoms with van der Waals surface area (Å²) in [6.45, 7) is 6.67. The Morgan fingerprint density at radius 2 is 1.87 bits per heavy atom.